The number of benzene rings is 1. The molecule has 1 amide bonds. The summed E-state index contributed by atoms with van der Waals surface area (Å²) in [7, 11) is -3.85. The van der Waals surface area contributed by atoms with E-state index in [9.17, 15) is 13.2 Å². The van der Waals surface area contributed by atoms with Gasteiger partial charge in [-0.1, -0.05) is 17.7 Å². The highest BCUT2D eigenvalue weighted by molar-refractivity contribution is 7.93. The molecule has 26 heavy (non-hydrogen) atoms. The fourth-order valence-electron chi connectivity index (χ4n) is 2.85. The lowest BCUT2D eigenvalue weighted by Crippen LogP contribution is -2.38. The third kappa shape index (κ3) is 3.89. The highest BCUT2D eigenvalue weighted by atomic mass is 32.2. The van der Waals surface area contributed by atoms with Crippen molar-refractivity contribution < 1.29 is 13.2 Å². The summed E-state index contributed by atoms with van der Waals surface area (Å²) in [5, 5.41) is 10.6. The molecule has 0 spiro atoms. The van der Waals surface area contributed by atoms with Crippen molar-refractivity contribution in [2.75, 3.05) is 17.8 Å². The number of carbonyl (C=O) groups excluding carboxylic acids is 1. The second-order valence-electron chi connectivity index (χ2n) is 6.28. The van der Waals surface area contributed by atoms with Crippen LogP contribution in [0.5, 0.6) is 0 Å². The molecule has 0 aliphatic carbocycles. The van der Waals surface area contributed by atoms with Crippen molar-refractivity contribution in [2.24, 2.45) is 5.92 Å². The first-order valence-corrected chi connectivity index (χ1v) is 10.6. The van der Waals surface area contributed by atoms with Crippen LogP contribution in [0.3, 0.4) is 0 Å². The van der Waals surface area contributed by atoms with E-state index in [-0.39, 0.29) is 21.6 Å². The summed E-state index contributed by atoms with van der Waals surface area (Å²) >= 11 is 1.12. The third-order valence-electron chi connectivity index (χ3n) is 4.38. The molecule has 136 valence electrons. The van der Waals surface area contributed by atoms with Gasteiger partial charge in [0, 0.05) is 24.7 Å². The Balaban J connectivity index is 1.80. The maximum Gasteiger partial charge on any atom is 0.265 e. The molecule has 8 heteroatoms. The summed E-state index contributed by atoms with van der Waals surface area (Å²) in [6, 6.07) is 10.7. The van der Waals surface area contributed by atoms with Crippen LogP contribution in [0, 0.1) is 24.2 Å². The fraction of sp³-hybridized carbons (Fsp3) is 0.333. The maximum atomic E-state index is 12.8. The predicted octanol–water partition coefficient (Wildman–Crippen LogP) is 3.23. The number of sulfonamides is 1. The third-order valence-corrected chi connectivity index (χ3v) is 6.84. The number of hydrogen-bond donors (Lipinski definition) is 1. The molecular weight excluding hydrogens is 370 g/mol. The molecule has 1 saturated heterocycles. The van der Waals surface area contributed by atoms with Crippen LogP contribution >= 0.6 is 11.3 Å². The molecule has 0 atom stereocenters. The summed E-state index contributed by atoms with van der Waals surface area (Å²) in [6.45, 7) is 2.86. The lowest BCUT2D eigenvalue weighted by molar-refractivity contribution is 0.0708. The van der Waals surface area contributed by atoms with Crippen molar-refractivity contribution >= 4 is 33.0 Å². The summed E-state index contributed by atoms with van der Waals surface area (Å²) in [5.74, 6) is -0.325. The molecule has 0 unspecified atom stereocenters. The number of nitriles is 1. The smallest absolute Gasteiger partial charge is 0.265 e. The monoisotopic (exact) mass is 389 g/mol. The van der Waals surface area contributed by atoms with Gasteiger partial charge < -0.3 is 4.90 Å². The number of rotatable bonds is 4. The number of piperidine rings is 1. The van der Waals surface area contributed by atoms with E-state index in [4.69, 9.17) is 5.26 Å². The minimum atomic E-state index is -3.85. The van der Waals surface area contributed by atoms with Gasteiger partial charge in [-0.15, -0.1) is 11.3 Å². The standard InChI is InChI=1S/C18H19N3O3S2/c1-13-2-4-15(5-3-13)20-26(23,24)16-8-11-25-17(16)18(22)21-9-6-14(12-19)7-10-21/h2-5,8,11,14,20H,6-7,9-10H2,1H3. The molecule has 6 nitrogen and oxygen atoms in total. The van der Waals surface area contributed by atoms with Gasteiger partial charge in [-0.3, -0.25) is 9.52 Å². The van der Waals surface area contributed by atoms with Crippen molar-refractivity contribution in [3.63, 3.8) is 0 Å². The maximum absolute atomic E-state index is 12.8. The number of aryl methyl sites for hydroxylation is 1. The molecule has 3 rings (SSSR count). The van der Waals surface area contributed by atoms with E-state index >= 15 is 0 Å². The molecule has 1 aliphatic heterocycles. The number of nitrogens with zero attached hydrogens (tertiary/aromatic N) is 2. The number of hydrogen-bond acceptors (Lipinski definition) is 5. The quantitative estimate of drug-likeness (QED) is 0.869. The van der Waals surface area contributed by atoms with Gasteiger partial charge in [0.05, 0.1) is 6.07 Å². The normalized spacial score (nSPS) is 15.5. The zero-order valence-electron chi connectivity index (χ0n) is 14.3. The molecule has 0 bridgehead atoms. The molecule has 1 aromatic heterocycles. The van der Waals surface area contributed by atoms with Crippen LogP contribution in [0.1, 0.15) is 28.1 Å². The lowest BCUT2D eigenvalue weighted by atomic mass is 9.98. The van der Waals surface area contributed by atoms with E-state index in [2.05, 4.69) is 10.8 Å². The largest absolute Gasteiger partial charge is 0.338 e. The van der Waals surface area contributed by atoms with Crippen LogP contribution in [-0.2, 0) is 10.0 Å². The molecule has 0 radical (unpaired) electrons. The summed E-state index contributed by atoms with van der Waals surface area (Å²) in [5.41, 5.74) is 1.48. The Morgan fingerprint density at radius 1 is 1.23 bits per heavy atom. The minimum Gasteiger partial charge on any atom is -0.338 e. The van der Waals surface area contributed by atoms with Crippen molar-refractivity contribution in [1.29, 1.82) is 5.26 Å². The molecule has 1 N–H and O–H groups in total. The van der Waals surface area contributed by atoms with Gasteiger partial charge in [-0.25, -0.2) is 8.42 Å². The van der Waals surface area contributed by atoms with E-state index in [1.165, 1.54) is 6.07 Å². The van der Waals surface area contributed by atoms with Crippen molar-refractivity contribution in [1.82, 2.24) is 4.90 Å². The van der Waals surface area contributed by atoms with Gasteiger partial charge in [-0.2, -0.15) is 5.26 Å². The predicted molar refractivity (Wildman–Crippen MR) is 101 cm³/mol. The van der Waals surface area contributed by atoms with Gasteiger partial charge in [0.25, 0.3) is 15.9 Å². The molecule has 0 saturated carbocycles. The van der Waals surface area contributed by atoms with Gasteiger partial charge >= 0.3 is 0 Å². The second-order valence-corrected chi connectivity index (χ2v) is 8.85. The average molecular weight is 390 g/mol. The van der Waals surface area contributed by atoms with Crippen LogP contribution in [0.2, 0.25) is 0 Å². The first-order chi connectivity index (χ1) is 12.4. The molecule has 2 aromatic rings. The van der Waals surface area contributed by atoms with Crippen molar-refractivity contribution in [2.45, 2.75) is 24.7 Å². The van der Waals surface area contributed by atoms with Crippen molar-refractivity contribution in [3.8, 4) is 6.07 Å². The lowest BCUT2D eigenvalue weighted by Gasteiger charge is -2.29. The summed E-state index contributed by atoms with van der Waals surface area (Å²) in [6.07, 6.45) is 1.24. The van der Waals surface area contributed by atoms with E-state index < -0.39 is 10.0 Å². The Labute approximate surface area is 157 Å². The number of carbonyl (C=O) groups is 1. The second kappa shape index (κ2) is 7.48. The first kappa shape index (κ1) is 18.4. The van der Waals surface area contributed by atoms with Crippen LogP contribution < -0.4 is 4.72 Å². The van der Waals surface area contributed by atoms with Crippen molar-refractivity contribution in [3.05, 3.63) is 46.2 Å². The van der Waals surface area contributed by atoms with E-state index in [0.717, 1.165) is 16.9 Å². The number of anilines is 1. The van der Waals surface area contributed by atoms with Crippen LogP contribution in [0.25, 0.3) is 0 Å². The summed E-state index contributed by atoms with van der Waals surface area (Å²) in [4.78, 5) is 14.6. The van der Waals surface area contributed by atoms with Crippen LogP contribution in [0.4, 0.5) is 5.69 Å². The van der Waals surface area contributed by atoms with Crippen LogP contribution in [0.15, 0.2) is 40.6 Å². The van der Waals surface area contributed by atoms with Crippen LogP contribution in [-0.4, -0.2) is 32.3 Å². The van der Waals surface area contributed by atoms with Gasteiger partial charge in [0.2, 0.25) is 0 Å². The van der Waals surface area contributed by atoms with E-state index in [0.29, 0.717) is 31.6 Å². The molecule has 2 heterocycles. The highest BCUT2D eigenvalue weighted by Gasteiger charge is 2.29. The van der Waals surface area contributed by atoms with Gasteiger partial charge in [0.15, 0.2) is 0 Å². The Morgan fingerprint density at radius 2 is 1.88 bits per heavy atom. The minimum absolute atomic E-state index is 0.00418. The number of nitrogens with one attached hydrogen (secondary N) is 1. The van der Waals surface area contributed by atoms with Gasteiger partial charge in [0.1, 0.15) is 9.77 Å². The number of amides is 1. The number of likely N-dealkylation sites (tertiary alicyclic amines) is 1. The molecule has 1 aliphatic rings. The fourth-order valence-corrected chi connectivity index (χ4v) is 5.30. The van der Waals surface area contributed by atoms with E-state index in [1.54, 1.807) is 22.4 Å². The topological polar surface area (TPSA) is 90.3 Å². The molecule has 1 fully saturated rings. The Bertz CT molecular complexity index is 935. The Morgan fingerprint density at radius 3 is 2.50 bits per heavy atom. The zero-order chi connectivity index (χ0) is 18.7. The van der Waals surface area contributed by atoms with Gasteiger partial charge in [-0.05, 0) is 43.3 Å². The van der Waals surface area contributed by atoms with E-state index in [1.807, 2.05) is 19.1 Å². The molecular formula is C18H19N3O3S2. The first-order valence-electron chi connectivity index (χ1n) is 8.26. The Kier molecular flexibility index (Phi) is 5.30. The average Bonchev–Trinajstić information content (AvgIpc) is 3.14. The molecule has 1 aromatic carbocycles. The summed E-state index contributed by atoms with van der Waals surface area (Å²) < 4.78 is 28.0. The highest BCUT2D eigenvalue weighted by Crippen LogP contribution is 2.27. The SMILES string of the molecule is Cc1ccc(NS(=O)(=O)c2ccsc2C(=O)N2CCC(C#N)CC2)cc1. The Hall–Kier alpha value is -2.37. The zero-order valence-corrected chi connectivity index (χ0v) is 15.9. The number of thiophene rings is 1.